The van der Waals surface area contributed by atoms with E-state index >= 15 is 0 Å². The molecule has 0 saturated heterocycles. The zero-order valence-electron chi connectivity index (χ0n) is 36.0. The van der Waals surface area contributed by atoms with E-state index in [-0.39, 0.29) is 9.79 Å². The van der Waals surface area contributed by atoms with Gasteiger partial charge in [-0.05, 0) is 95.1 Å². The molecule has 2 N–H and O–H groups in total. The van der Waals surface area contributed by atoms with E-state index in [1.54, 1.807) is 82.6 Å². The van der Waals surface area contributed by atoms with Gasteiger partial charge < -0.3 is 18.9 Å². The highest BCUT2D eigenvalue weighted by Crippen LogP contribution is 2.41. The topological polar surface area (TPSA) is 129 Å². The standard InChI is InChI=1S/2C25H23NO4S3/c2*1-31-23-10-5-3-8-19(23)25(24-15-17-7-2-4-9-22(17)32-24)26-33(27,28)18-11-12-20-21(16-18)30-14-6-13-29-20/h2*2-5,7-12,15-16,25-26H,6,13-14H2,1H3. The van der Waals surface area contributed by atoms with Gasteiger partial charge in [0.25, 0.3) is 0 Å². The molecule has 2 atom stereocenters. The SMILES string of the molecule is CSc1ccccc1C(NS(=O)(=O)c1ccc2c(c1)OCCCO2)c1cc2ccccc2s1.CSc1ccccc1C(NS(=O)(=O)c1ccc2c(c1)OCCCO2)c1cc2ccccc2s1. The van der Waals surface area contributed by atoms with Crippen molar-refractivity contribution in [3.05, 3.63) is 166 Å². The summed E-state index contributed by atoms with van der Waals surface area (Å²) in [7, 11) is -7.70. The normalized spacial score (nSPS) is 14.7. The number of benzene rings is 6. The van der Waals surface area contributed by atoms with Crippen LogP contribution in [0.15, 0.2) is 165 Å². The van der Waals surface area contributed by atoms with Crippen LogP contribution in [0.3, 0.4) is 0 Å². The highest BCUT2D eigenvalue weighted by Gasteiger charge is 2.29. The van der Waals surface area contributed by atoms with Crippen molar-refractivity contribution in [2.24, 2.45) is 0 Å². The lowest BCUT2D eigenvalue weighted by molar-refractivity contribution is 0.296. The molecule has 0 spiro atoms. The third kappa shape index (κ3) is 10.3. The highest BCUT2D eigenvalue weighted by molar-refractivity contribution is 7.99. The minimum Gasteiger partial charge on any atom is -0.490 e. The van der Waals surface area contributed by atoms with Crippen LogP contribution < -0.4 is 28.4 Å². The summed E-state index contributed by atoms with van der Waals surface area (Å²) in [6.45, 7) is 2.10. The van der Waals surface area contributed by atoms with E-state index in [1.165, 1.54) is 0 Å². The lowest BCUT2D eigenvalue weighted by Gasteiger charge is -2.21. The summed E-state index contributed by atoms with van der Waals surface area (Å²) in [5.74, 6) is 2.05. The molecular weight excluding hydrogens is 949 g/mol. The van der Waals surface area contributed by atoms with Gasteiger partial charge in [-0.1, -0.05) is 72.8 Å². The summed E-state index contributed by atoms with van der Waals surface area (Å²) in [6, 6.07) is 44.7. The molecule has 0 radical (unpaired) electrons. The maximum atomic E-state index is 13.6. The molecule has 10 rings (SSSR count). The van der Waals surface area contributed by atoms with Gasteiger partial charge in [0.2, 0.25) is 20.0 Å². The summed E-state index contributed by atoms with van der Waals surface area (Å²) in [5.41, 5.74) is 1.85. The summed E-state index contributed by atoms with van der Waals surface area (Å²) < 4.78 is 85.2. The molecule has 4 heterocycles. The molecule has 2 aliphatic heterocycles. The molecule has 10 nitrogen and oxygen atoms in total. The highest BCUT2D eigenvalue weighted by atomic mass is 32.2. The maximum absolute atomic E-state index is 13.6. The first-order valence-corrected chi connectivity index (χ1v) is 28.2. The first-order chi connectivity index (χ1) is 32.1. The second kappa shape index (κ2) is 20.4. The number of thioether (sulfide) groups is 2. The number of hydrogen-bond acceptors (Lipinski definition) is 12. The number of hydrogen-bond donors (Lipinski definition) is 2. The zero-order chi connectivity index (χ0) is 45.7. The Hall–Kier alpha value is -5.04. The summed E-state index contributed by atoms with van der Waals surface area (Å²) in [6.07, 6.45) is 5.52. The second-order valence-corrected chi connectivity index (χ2v) is 22.6. The van der Waals surface area contributed by atoms with Crippen molar-refractivity contribution in [1.82, 2.24) is 9.44 Å². The predicted molar refractivity (Wildman–Crippen MR) is 269 cm³/mol. The fourth-order valence-electron chi connectivity index (χ4n) is 7.72. The van der Waals surface area contributed by atoms with E-state index in [0.29, 0.717) is 49.4 Å². The van der Waals surface area contributed by atoms with Crippen molar-refractivity contribution in [3.8, 4) is 23.0 Å². The predicted octanol–water partition coefficient (Wildman–Crippen LogP) is 11.7. The number of ether oxygens (including phenoxy) is 4. The zero-order valence-corrected chi connectivity index (χ0v) is 40.9. The average Bonchev–Trinajstić information content (AvgIpc) is 3.80. The van der Waals surface area contributed by atoms with E-state index < -0.39 is 32.1 Å². The van der Waals surface area contributed by atoms with Crippen LogP contribution in [0.2, 0.25) is 0 Å². The van der Waals surface area contributed by atoms with Crippen LogP contribution in [-0.4, -0.2) is 55.8 Å². The molecule has 2 aromatic heterocycles. The molecule has 0 fully saturated rings. The van der Waals surface area contributed by atoms with Crippen molar-refractivity contribution in [2.75, 3.05) is 38.9 Å². The van der Waals surface area contributed by atoms with Crippen LogP contribution in [0, 0.1) is 0 Å². The molecule has 2 unspecified atom stereocenters. The number of nitrogens with one attached hydrogen (secondary N) is 2. The Morgan fingerprint density at radius 2 is 0.848 bits per heavy atom. The van der Waals surface area contributed by atoms with Gasteiger partial charge in [0.1, 0.15) is 0 Å². The largest absolute Gasteiger partial charge is 0.490 e. The van der Waals surface area contributed by atoms with Crippen LogP contribution in [-0.2, 0) is 20.0 Å². The molecule has 0 amide bonds. The molecule has 6 aromatic carbocycles. The Balaban J connectivity index is 0.000000166. The number of rotatable bonds is 12. The Kier molecular flexibility index (Phi) is 14.3. The molecule has 2 aliphatic rings. The molecule has 66 heavy (non-hydrogen) atoms. The Morgan fingerprint density at radius 3 is 1.26 bits per heavy atom. The Morgan fingerprint density at radius 1 is 0.470 bits per heavy atom. The fraction of sp³-hybridized carbons (Fsp3) is 0.200. The minimum atomic E-state index is -3.85. The van der Waals surface area contributed by atoms with Gasteiger partial charge in [-0.15, -0.1) is 46.2 Å². The van der Waals surface area contributed by atoms with Crippen molar-refractivity contribution in [1.29, 1.82) is 0 Å². The number of thiophene rings is 2. The van der Waals surface area contributed by atoms with Gasteiger partial charge in [-0.25, -0.2) is 16.8 Å². The van der Waals surface area contributed by atoms with E-state index in [2.05, 4.69) is 33.7 Å². The van der Waals surface area contributed by atoms with Crippen LogP contribution in [0.5, 0.6) is 23.0 Å². The fourth-order valence-corrected chi connectivity index (χ4v) is 13.8. The van der Waals surface area contributed by atoms with Gasteiger partial charge in [0.15, 0.2) is 23.0 Å². The second-order valence-electron chi connectivity index (χ2n) is 15.3. The molecule has 340 valence electrons. The molecule has 0 saturated carbocycles. The van der Waals surface area contributed by atoms with Crippen LogP contribution >= 0.6 is 46.2 Å². The molecule has 8 aromatic rings. The maximum Gasteiger partial charge on any atom is 0.241 e. The third-order valence-electron chi connectivity index (χ3n) is 11.0. The average molecular weight is 995 g/mol. The van der Waals surface area contributed by atoms with E-state index in [9.17, 15) is 16.8 Å². The minimum absolute atomic E-state index is 0.152. The van der Waals surface area contributed by atoms with Crippen molar-refractivity contribution in [2.45, 2.75) is 44.5 Å². The first-order valence-electron chi connectivity index (χ1n) is 21.2. The summed E-state index contributed by atoms with van der Waals surface area (Å²) >= 11 is 6.40. The Labute approximate surface area is 401 Å². The molecular formula is C50H46N2O8S6. The molecule has 0 aliphatic carbocycles. The number of sulfonamides is 2. The van der Waals surface area contributed by atoms with E-state index in [0.717, 1.165) is 63.7 Å². The van der Waals surface area contributed by atoms with Crippen LogP contribution in [0.1, 0.15) is 45.8 Å². The van der Waals surface area contributed by atoms with Crippen molar-refractivity contribution < 1.29 is 35.8 Å². The lowest BCUT2D eigenvalue weighted by Crippen LogP contribution is -2.29. The molecule has 16 heteroatoms. The van der Waals surface area contributed by atoms with Gasteiger partial charge in [0.05, 0.1) is 48.3 Å². The number of fused-ring (bicyclic) bond motifs is 4. The Bertz CT molecular complexity index is 2940. The lowest BCUT2D eigenvalue weighted by atomic mass is 10.1. The van der Waals surface area contributed by atoms with Gasteiger partial charge in [0, 0.05) is 53.9 Å². The monoisotopic (exact) mass is 994 g/mol. The van der Waals surface area contributed by atoms with Crippen molar-refractivity contribution in [3.63, 3.8) is 0 Å². The van der Waals surface area contributed by atoms with Crippen LogP contribution in [0.25, 0.3) is 20.2 Å². The van der Waals surface area contributed by atoms with E-state index in [4.69, 9.17) is 18.9 Å². The van der Waals surface area contributed by atoms with Gasteiger partial charge in [-0.2, -0.15) is 9.44 Å². The third-order valence-corrected chi connectivity index (χ3v) is 17.8. The van der Waals surface area contributed by atoms with Crippen LogP contribution in [0.4, 0.5) is 0 Å². The molecule has 0 bridgehead atoms. The van der Waals surface area contributed by atoms with Gasteiger partial charge in [-0.3, -0.25) is 0 Å². The quantitative estimate of drug-likeness (QED) is 0.114. The van der Waals surface area contributed by atoms with Gasteiger partial charge >= 0.3 is 0 Å². The summed E-state index contributed by atoms with van der Waals surface area (Å²) in [4.78, 5) is 4.24. The first kappa shape index (κ1) is 46.1. The smallest absolute Gasteiger partial charge is 0.241 e. The van der Waals surface area contributed by atoms with E-state index in [1.807, 2.05) is 97.4 Å². The van der Waals surface area contributed by atoms with Crippen molar-refractivity contribution >= 4 is 86.4 Å². The summed E-state index contributed by atoms with van der Waals surface area (Å²) in [5, 5.41) is 2.19.